The zero-order valence-electron chi connectivity index (χ0n) is 13.3. The SMILES string of the molecule is Cc1ccc2c(nc3c(C#N)c(C)c(-c4ccccc4)c(=O)n32)[nH]1. The first-order chi connectivity index (χ1) is 11.6. The fourth-order valence-electron chi connectivity index (χ4n) is 3.13. The molecule has 0 amide bonds. The summed E-state index contributed by atoms with van der Waals surface area (Å²) in [6.07, 6.45) is 0. The van der Waals surface area contributed by atoms with Crippen LogP contribution in [-0.2, 0) is 0 Å². The van der Waals surface area contributed by atoms with Crippen LogP contribution in [0.3, 0.4) is 0 Å². The molecule has 0 saturated carbocycles. The highest BCUT2D eigenvalue weighted by atomic mass is 16.1. The Morgan fingerprint density at radius 3 is 2.58 bits per heavy atom. The minimum Gasteiger partial charge on any atom is -0.342 e. The first-order valence-corrected chi connectivity index (χ1v) is 7.62. The number of hydrogen-bond acceptors (Lipinski definition) is 3. The predicted octanol–water partition coefficient (Wildman–Crippen LogP) is 3.33. The van der Waals surface area contributed by atoms with Crippen molar-refractivity contribution in [2.75, 3.05) is 0 Å². The van der Waals surface area contributed by atoms with Crippen LogP contribution in [0.15, 0.2) is 47.3 Å². The second-order valence-electron chi connectivity index (χ2n) is 5.80. The lowest BCUT2D eigenvalue weighted by molar-refractivity contribution is 1.13. The number of imidazole rings is 1. The zero-order chi connectivity index (χ0) is 16.8. The number of aryl methyl sites for hydroxylation is 1. The van der Waals surface area contributed by atoms with E-state index in [4.69, 9.17) is 0 Å². The summed E-state index contributed by atoms with van der Waals surface area (Å²) in [6, 6.07) is 15.4. The second-order valence-corrected chi connectivity index (χ2v) is 5.80. The van der Waals surface area contributed by atoms with Crippen molar-refractivity contribution in [2.24, 2.45) is 0 Å². The first kappa shape index (κ1) is 14.2. The van der Waals surface area contributed by atoms with Gasteiger partial charge in [0.15, 0.2) is 11.3 Å². The van der Waals surface area contributed by atoms with E-state index in [1.807, 2.05) is 49.4 Å². The third-order valence-electron chi connectivity index (χ3n) is 4.28. The number of aromatic amines is 1. The van der Waals surface area contributed by atoms with Crippen molar-refractivity contribution in [1.82, 2.24) is 14.4 Å². The quantitative estimate of drug-likeness (QED) is 0.585. The van der Waals surface area contributed by atoms with Gasteiger partial charge < -0.3 is 4.98 Å². The monoisotopic (exact) mass is 314 g/mol. The molecule has 0 saturated heterocycles. The number of fused-ring (bicyclic) bond motifs is 3. The number of pyridine rings is 2. The molecule has 24 heavy (non-hydrogen) atoms. The average Bonchev–Trinajstić information content (AvgIpc) is 2.94. The van der Waals surface area contributed by atoms with Crippen molar-refractivity contribution >= 4 is 16.8 Å². The van der Waals surface area contributed by atoms with E-state index in [1.165, 1.54) is 4.40 Å². The van der Waals surface area contributed by atoms with Gasteiger partial charge in [-0.15, -0.1) is 0 Å². The molecular weight excluding hydrogens is 300 g/mol. The molecule has 0 aliphatic carbocycles. The lowest BCUT2D eigenvalue weighted by Crippen LogP contribution is -2.18. The van der Waals surface area contributed by atoms with Crippen LogP contribution in [0, 0.1) is 25.2 Å². The smallest absolute Gasteiger partial charge is 0.265 e. The Hall–Kier alpha value is -3.39. The molecule has 3 heterocycles. The van der Waals surface area contributed by atoms with E-state index in [1.54, 1.807) is 6.92 Å². The first-order valence-electron chi connectivity index (χ1n) is 7.62. The molecule has 1 N–H and O–H groups in total. The highest BCUT2D eigenvalue weighted by molar-refractivity contribution is 5.83. The Morgan fingerprint density at radius 2 is 1.88 bits per heavy atom. The number of nitrogens with zero attached hydrogens (tertiary/aromatic N) is 3. The molecular formula is C19H14N4O. The Labute approximate surface area is 137 Å². The molecule has 3 aromatic heterocycles. The molecule has 5 heteroatoms. The van der Waals surface area contributed by atoms with Crippen LogP contribution >= 0.6 is 0 Å². The van der Waals surface area contributed by atoms with Gasteiger partial charge >= 0.3 is 0 Å². The van der Waals surface area contributed by atoms with Crippen LogP contribution in [0.5, 0.6) is 0 Å². The minimum absolute atomic E-state index is 0.160. The van der Waals surface area contributed by atoms with Gasteiger partial charge in [-0.1, -0.05) is 30.3 Å². The number of rotatable bonds is 1. The summed E-state index contributed by atoms with van der Waals surface area (Å²) in [5.74, 6) is 0. The predicted molar refractivity (Wildman–Crippen MR) is 92.9 cm³/mol. The Morgan fingerprint density at radius 1 is 1.12 bits per heavy atom. The zero-order valence-corrected chi connectivity index (χ0v) is 13.3. The van der Waals surface area contributed by atoms with Crippen molar-refractivity contribution in [1.29, 1.82) is 5.26 Å². The van der Waals surface area contributed by atoms with Crippen LogP contribution in [-0.4, -0.2) is 14.4 Å². The highest BCUT2D eigenvalue weighted by Gasteiger charge is 2.20. The summed E-state index contributed by atoms with van der Waals surface area (Å²) in [6.45, 7) is 3.73. The maximum Gasteiger partial charge on any atom is 0.265 e. The number of nitriles is 1. The number of H-pyrrole nitrogens is 1. The molecule has 0 unspecified atom stereocenters. The van der Waals surface area contributed by atoms with Crippen molar-refractivity contribution in [2.45, 2.75) is 13.8 Å². The fraction of sp³-hybridized carbons (Fsp3) is 0.105. The van der Waals surface area contributed by atoms with E-state index in [-0.39, 0.29) is 5.56 Å². The minimum atomic E-state index is -0.160. The lowest BCUT2D eigenvalue weighted by atomic mass is 9.99. The van der Waals surface area contributed by atoms with E-state index in [0.717, 1.165) is 11.3 Å². The molecule has 0 radical (unpaired) electrons. The van der Waals surface area contributed by atoms with E-state index < -0.39 is 0 Å². The van der Waals surface area contributed by atoms with Crippen molar-refractivity contribution in [3.05, 3.63) is 69.6 Å². The molecule has 0 aliphatic rings. The van der Waals surface area contributed by atoms with Gasteiger partial charge in [-0.05, 0) is 37.1 Å². The van der Waals surface area contributed by atoms with E-state index >= 15 is 0 Å². The van der Waals surface area contributed by atoms with Crippen LogP contribution in [0.4, 0.5) is 0 Å². The van der Waals surface area contributed by atoms with Crippen molar-refractivity contribution in [3.63, 3.8) is 0 Å². The molecule has 0 bridgehead atoms. The van der Waals surface area contributed by atoms with Gasteiger partial charge in [0.05, 0.1) is 16.6 Å². The van der Waals surface area contributed by atoms with Crippen LogP contribution in [0.25, 0.3) is 27.9 Å². The fourth-order valence-corrected chi connectivity index (χ4v) is 3.13. The number of nitrogens with one attached hydrogen (secondary N) is 1. The molecule has 0 fully saturated rings. The van der Waals surface area contributed by atoms with Gasteiger partial charge in [-0.2, -0.15) is 5.26 Å². The van der Waals surface area contributed by atoms with Crippen LogP contribution < -0.4 is 5.56 Å². The van der Waals surface area contributed by atoms with E-state index in [2.05, 4.69) is 16.0 Å². The third-order valence-corrected chi connectivity index (χ3v) is 4.28. The van der Waals surface area contributed by atoms with Crippen LogP contribution in [0.1, 0.15) is 16.8 Å². The van der Waals surface area contributed by atoms with Crippen LogP contribution in [0.2, 0.25) is 0 Å². The summed E-state index contributed by atoms with van der Waals surface area (Å²) in [4.78, 5) is 20.8. The Bertz CT molecular complexity index is 1190. The van der Waals surface area contributed by atoms with Crippen molar-refractivity contribution in [3.8, 4) is 17.2 Å². The topological polar surface area (TPSA) is 73.9 Å². The molecule has 4 rings (SSSR count). The normalized spacial score (nSPS) is 11.0. The molecule has 0 spiro atoms. The molecule has 116 valence electrons. The van der Waals surface area contributed by atoms with Gasteiger partial charge in [-0.3, -0.25) is 9.20 Å². The Kier molecular flexibility index (Phi) is 3.00. The standard InChI is InChI=1S/C19H14N4O/c1-11-8-9-15-17(21-11)22-18-14(10-20)12(2)16(19(24)23(15)18)13-6-4-3-5-7-13/h3-9H,1-2H3,(H,21,22). The summed E-state index contributed by atoms with van der Waals surface area (Å²) in [7, 11) is 0. The Balaban J connectivity index is 2.26. The molecule has 0 aliphatic heterocycles. The van der Waals surface area contributed by atoms with E-state index in [9.17, 15) is 10.1 Å². The van der Waals surface area contributed by atoms with Crippen molar-refractivity contribution < 1.29 is 0 Å². The molecule has 1 aromatic carbocycles. The second kappa shape index (κ2) is 5.07. The maximum absolute atomic E-state index is 13.2. The van der Waals surface area contributed by atoms with Gasteiger partial charge in [0, 0.05) is 5.69 Å². The maximum atomic E-state index is 13.2. The lowest BCUT2D eigenvalue weighted by Gasteiger charge is -2.08. The van der Waals surface area contributed by atoms with Gasteiger partial charge in [0.25, 0.3) is 5.56 Å². The van der Waals surface area contributed by atoms with Gasteiger partial charge in [0.1, 0.15) is 6.07 Å². The average molecular weight is 314 g/mol. The molecule has 4 aromatic rings. The van der Waals surface area contributed by atoms with E-state index in [0.29, 0.717) is 33.5 Å². The number of hydrogen-bond donors (Lipinski definition) is 1. The highest BCUT2D eigenvalue weighted by Crippen LogP contribution is 2.26. The summed E-state index contributed by atoms with van der Waals surface area (Å²) >= 11 is 0. The van der Waals surface area contributed by atoms with Gasteiger partial charge in [0.2, 0.25) is 0 Å². The number of benzene rings is 1. The number of aromatic nitrogens is 3. The summed E-state index contributed by atoms with van der Waals surface area (Å²) in [5, 5.41) is 9.64. The molecule has 5 nitrogen and oxygen atoms in total. The third kappa shape index (κ3) is 1.87. The summed E-state index contributed by atoms with van der Waals surface area (Å²) in [5.41, 5.74) is 4.89. The summed E-state index contributed by atoms with van der Waals surface area (Å²) < 4.78 is 1.53. The van der Waals surface area contributed by atoms with Gasteiger partial charge in [-0.25, -0.2) is 4.98 Å². The largest absolute Gasteiger partial charge is 0.342 e. The molecule has 0 atom stereocenters.